The molecule has 13 heavy (non-hydrogen) atoms. The average molecular weight is 190 g/mol. The number of nitrogens with one attached hydrogen (secondary N) is 2. The van der Waals surface area contributed by atoms with Gasteiger partial charge in [0.1, 0.15) is 6.23 Å². The lowest BCUT2D eigenvalue weighted by Gasteiger charge is -2.11. The molecule has 0 fully saturated rings. The Morgan fingerprint density at radius 3 is 2.62 bits per heavy atom. The van der Waals surface area contributed by atoms with Crippen LogP contribution >= 0.6 is 0 Å². The van der Waals surface area contributed by atoms with Crippen LogP contribution in [0.2, 0.25) is 0 Å². The lowest BCUT2D eigenvalue weighted by molar-refractivity contribution is 0.0277. The van der Waals surface area contributed by atoms with Crippen molar-refractivity contribution in [3.63, 3.8) is 0 Å². The van der Waals surface area contributed by atoms with Crippen molar-refractivity contribution in [2.75, 3.05) is 19.7 Å². The summed E-state index contributed by atoms with van der Waals surface area (Å²) in [7, 11) is 0. The summed E-state index contributed by atoms with van der Waals surface area (Å²) in [6.07, 6.45) is 0.313. The molecule has 0 aliphatic heterocycles. The second kappa shape index (κ2) is 8.44. The van der Waals surface area contributed by atoms with Crippen molar-refractivity contribution in [1.82, 2.24) is 10.8 Å². The SMILES string of the molecule is CCC(O)NCCONCC(C)C. The third-order valence-corrected chi connectivity index (χ3v) is 1.56. The number of aliphatic hydroxyl groups is 1. The Balaban J connectivity index is 2.99. The quantitative estimate of drug-likeness (QED) is 0.296. The maximum atomic E-state index is 9.12. The number of hydrogen-bond acceptors (Lipinski definition) is 4. The number of hydroxylamine groups is 1. The van der Waals surface area contributed by atoms with E-state index in [9.17, 15) is 0 Å². The summed E-state index contributed by atoms with van der Waals surface area (Å²) < 4.78 is 0. The van der Waals surface area contributed by atoms with Crippen LogP contribution in [0, 0.1) is 5.92 Å². The average Bonchev–Trinajstić information content (AvgIpc) is 2.10. The molecule has 3 N–H and O–H groups in total. The number of aliphatic hydroxyl groups excluding tert-OH is 1. The molecule has 4 nitrogen and oxygen atoms in total. The zero-order valence-electron chi connectivity index (χ0n) is 8.84. The first-order chi connectivity index (χ1) is 6.16. The maximum absolute atomic E-state index is 9.12. The topological polar surface area (TPSA) is 53.5 Å². The van der Waals surface area contributed by atoms with E-state index in [1.807, 2.05) is 6.92 Å². The van der Waals surface area contributed by atoms with Gasteiger partial charge in [-0.25, -0.2) is 5.48 Å². The van der Waals surface area contributed by atoms with E-state index in [2.05, 4.69) is 24.6 Å². The molecule has 0 aromatic heterocycles. The van der Waals surface area contributed by atoms with Crippen molar-refractivity contribution in [2.24, 2.45) is 5.92 Å². The minimum atomic E-state index is -0.409. The van der Waals surface area contributed by atoms with E-state index in [1.165, 1.54) is 0 Å². The van der Waals surface area contributed by atoms with Gasteiger partial charge in [-0.15, -0.1) is 0 Å². The van der Waals surface area contributed by atoms with Crippen molar-refractivity contribution < 1.29 is 9.94 Å². The van der Waals surface area contributed by atoms with Gasteiger partial charge in [-0.1, -0.05) is 20.8 Å². The van der Waals surface area contributed by atoms with Crippen LogP contribution in [-0.2, 0) is 4.84 Å². The van der Waals surface area contributed by atoms with E-state index in [0.717, 1.165) is 13.0 Å². The predicted molar refractivity (Wildman–Crippen MR) is 53.1 cm³/mol. The number of hydrogen-bond donors (Lipinski definition) is 3. The second-order valence-electron chi connectivity index (χ2n) is 3.47. The molecule has 0 spiro atoms. The Labute approximate surface area is 80.6 Å². The molecule has 0 aromatic rings. The molecule has 0 aliphatic carbocycles. The normalized spacial score (nSPS) is 13.6. The fraction of sp³-hybridized carbons (Fsp3) is 1.00. The van der Waals surface area contributed by atoms with E-state index in [0.29, 0.717) is 19.1 Å². The van der Waals surface area contributed by atoms with Crippen LogP contribution in [0.4, 0.5) is 0 Å². The van der Waals surface area contributed by atoms with Gasteiger partial charge in [-0.05, 0) is 12.3 Å². The van der Waals surface area contributed by atoms with Crippen LogP contribution in [0.1, 0.15) is 27.2 Å². The largest absolute Gasteiger partial charge is 0.379 e. The van der Waals surface area contributed by atoms with Crippen LogP contribution in [0.5, 0.6) is 0 Å². The molecule has 0 saturated heterocycles. The minimum Gasteiger partial charge on any atom is -0.379 e. The van der Waals surface area contributed by atoms with Gasteiger partial charge in [0.2, 0.25) is 0 Å². The summed E-state index contributed by atoms with van der Waals surface area (Å²) >= 11 is 0. The summed E-state index contributed by atoms with van der Waals surface area (Å²) in [5.41, 5.74) is 2.85. The van der Waals surface area contributed by atoms with Crippen LogP contribution < -0.4 is 10.8 Å². The molecule has 0 bridgehead atoms. The first-order valence-corrected chi connectivity index (χ1v) is 4.93. The van der Waals surface area contributed by atoms with E-state index >= 15 is 0 Å². The Kier molecular flexibility index (Phi) is 8.33. The van der Waals surface area contributed by atoms with Gasteiger partial charge in [-0.3, -0.25) is 5.32 Å². The molecule has 0 aromatic carbocycles. The fourth-order valence-corrected chi connectivity index (χ4v) is 0.719. The Morgan fingerprint density at radius 2 is 2.08 bits per heavy atom. The Morgan fingerprint density at radius 1 is 1.38 bits per heavy atom. The van der Waals surface area contributed by atoms with Gasteiger partial charge in [0.25, 0.3) is 0 Å². The highest BCUT2D eigenvalue weighted by Crippen LogP contribution is 1.86. The van der Waals surface area contributed by atoms with Gasteiger partial charge in [0.15, 0.2) is 0 Å². The van der Waals surface area contributed by atoms with Crippen LogP contribution in [0.25, 0.3) is 0 Å². The van der Waals surface area contributed by atoms with Gasteiger partial charge >= 0.3 is 0 Å². The predicted octanol–water partition coefficient (Wildman–Crippen LogP) is 0.482. The maximum Gasteiger partial charge on any atom is 0.104 e. The van der Waals surface area contributed by atoms with Crippen molar-refractivity contribution >= 4 is 0 Å². The molecule has 0 heterocycles. The monoisotopic (exact) mass is 190 g/mol. The van der Waals surface area contributed by atoms with Gasteiger partial charge in [-0.2, -0.15) is 0 Å². The molecule has 0 saturated carbocycles. The highest BCUT2D eigenvalue weighted by Gasteiger charge is 1.97. The molecule has 0 aliphatic rings. The molecular formula is C9H22N2O2. The standard InChI is InChI=1S/C9H22N2O2/c1-4-9(12)10-5-6-13-11-7-8(2)3/h8-12H,4-7H2,1-3H3. The summed E-state index contributed by atoms with van der Waals surface area (Å²) in [5.74, 6) is 0.592. The smallest absolute Gasteiger partial charge is 0.104 e. The third kappa shape index (κ3) is 9.76. The lowest BCUT2D eigenvalue weighted by atomic mass is 10.2. The van der Waals surface area contributed by atoms with Crippen molar-refractivity contribution in [3.05, 3.63) is 0 Å². The summed E-state index contributed by atoms with van der Waals surface area (Å²) in [6, 6.07) is 0. The first kappa shape index (κ1) is 12.8. The van der Waals surface area contributed by atoms with Crippen molar-refractivity contribution in [1.29, 1.82) is 0 Å². The Bertz CT molecular complexity index is 110. The highest BCUT2D eigenvalue weighted by atomic mass is 16.6. The van der Waals surface area contributed by atoms with E-state index < -0.39 is 6.23 Å². The van der Waals surface area contributed by atoms with E-state index in [-0.39, 0.29) is 0 Å². The fourth-order valence-electron chi connectivity index (χ4n) is 0.719. The van der Waals surface area contributed by atoms with Crippen LogP contribution in [0.15, 0.2) is 0 Å². The van der Waals surface area contributed by atoms with Crippen LogP contribution in [0.3, 0.4) is 0 Å². The number of rotatable bonds is 8. The first-order valence-electron chi connectivity index (χ1n) is 4.93. The molecular weight excluding hydrogens is 168 g/mol. The second-order valence-corrected chi connectivity index (χ2v) is 3.47. The van der Waals surface area contributed by atoms with Gasteiger partial charge in [0, 0.05) is 13.1 Å². The zero-order chi connectivity index (χ0) is 10.1. The van der Waals surface area contributed by atoms with E-state index in [4.69, 9.17) is 9.94 Å². The molecule has 1 unspecified atom stereocenters. The van der Waals surface area contributed by atoms with Gasteiger partial charge < -0.3 is 9.94 Å². The van der Waals surface area contributed by atoms with Crippen molar-refractivity contribution in [3.8, 4) is 0 Å². The molecule has 1 atom stereocenters. The Hall–Kier alpha value is -0.160. The molecule has 0 amide bonds. The molecule has 80 valence electrons. The molecule has 0 rings (SSSR count). The van der Waals surface area contributed by atoms with Crippen LogP contribution in [-0.4, -0.2) is 31.0 Å². The zero-order valence-corrected chi connectivity index (χ0v) is 8.84. The summed E-state index contributed by atoms with van der Waals surface area (Å²) in [4.78, 5) is 5.12. The van der Waals surface area contributed by atoms with Gasteiger partial charge in [0.05, 0.1) is 6.61 Å². The summed E-state index contributed by atoms with van der Waals surface area (Å²) in [5, 5.41) is 12.0. The molecule has 4 heteroatoms. The van der Waals surface area contributed by atoms with Crippen molar-refractivity contribution in [2.45, 2.75) is 33.4 Å². The third-order valence-electron chi connectivity index (χ3n) is 1.56. The minimum absolute atomic E-state index is 0.409. The molecule has 0 radical (unpaired) electrons. The highest BCUT2D eigenvalue weighted by molar-refractivity contribution is 4.49. The summed E-state index contributed by atoms with van der Waals surface area (Å²) in [6.45, 7) is 8.26. The van der Waals surface area contributed by atoms with E-state index in [1.54, 1.807) is 0 Å². The lowest BCUT2D eigenvalue weighted by Crippen LogP contribution is -2.33.